The van der Waals surface area contributed by atoms with Gasteiger partial charge in [0.2, 0.25) is 0 Å². The minimum atomic E-state index is -0.224. The van der Waals surface area contributed by atoms with E-state index in [0.717, 1.165) is 10.8 Å². The zero-order chi connectivity index (χ0) is 16.1. The van der Waals surface area contributed by atoms with Crippen molar-refractivity contribution in [2.75, 3.05) is 0 Å². The van der Waals surface area contributed by atoms with Crippen molar-refractivity contribution < 1.29 is 23.8 Å². The predicted molar refractivity (Wildman–Crippen MR) is 84.6 cm³/mol. The molecule has 0 fully saturated rings. The molecular weight excluding hydrogens is 296 g/mol. The van der Waals surface area contributed by atoms with Gasteiger partial charge in [0.25, 0.3) is 0 Å². The van der Waals surface area contributed by atoms with Gasteiger partial charge < -0.3 is 19.0 Å². The van der Waals surface area contributed by atoms with Crippen LogP contribution in [-0.4, -0.2) is 15.0 Å². The zero-order valence-electron chi connectivity index (χ0n) is 12.2. The summed E-state index contributed by atoms with van der Waals surface area (Å²) in [5.74, 6) is 0.790. The van der Waals surface area contributed by atoms with E-state index in [9.17, 15) is 15.0 Å². The van der Waals surface area contributed by atoms with Gasteiger partial charge in [0, 0.05) is 5.56 Å². The number of rotatable bonds is 1. The lowest BCUT2D eigenvalue weighted by Gasteiger charge is -2.08. The molecule has 2 aromatic heterocycles. The van der Waals surface area contributed by atoms with E-state index in [1.54, 1.807) is 12.1 Å². The van der Waals surface area contributed by atoms with E-state index in [1.807, 2.05) is 19.1 Å². The Morgan fingerprint density at radius 1 is 0.870 bits per heavy atom. The summed E-state index contributed by atoms with van der Waals surface area (Å²) in [7, 11) is 0. The monoisotopic (exact) mass is 309 g/mol. The van der Waals surface area contributed by atoms with E-state index >= 15 is 0 Å². The number of phenolic OH excluding ortho intramolecular Hbond substituents is 2. The quantitative estimate of drug-likeness (QED) is 0.415. The van der Waals surface area contributed by atoms with Gasteiger partial charge in [0.15, 0.2) is 11.5 Å². The second-order valence-electron chi connectivity index (χ2n) is 5.44. The van der Waals surface area contributed by atoms with Crippen LogP contribution in [0.1, 0.15) is 5.76 Å². The lowest BCUT2D eigenvalue weighted by molar-refractivity contribution is 0.404. The molecule has 5 heteroatoms. The maximum atomic E-state index is 9.85. The van der Waals surface area contributed by atoms with Crippen molar-refractivity contribution in [1.29, 1.82) is 0 Å². The third kappa shape index (κ3) is 2.14. The Hall–Kier alpha value is -3.21. The van der Waals surface area contributed by atoms with E-state index in [2.05, 4.69) is 0 Å². The third-order valence-corrected chi connectivity index (χ3v) is 3.74. The van der Waals surface area contributed by atoms with Gasteiger partial charge >= 0.3 is 5.43 Å². The first-order valence-corrected chi connectivity index (χ1v) is 7.03. The first kappa shape index (κ1) is 13.5. The zero-order valence-corrected chi connectivity index (χ0v) is 12.2. The van der Waals surface area contributed by atoms with Gasteiger partial charge in [0.1, 0.15) is 22.7 Å². The third-order valence-electron chi connectivity index (χ3n) is 3.74. The summed E-state index contributed by atoms with van der Waals surface area (Å²) in [6.07, 6.45) is 0. The van der Waals surface area contributed by atoms with Crippen molar-refractivity contribution in [1.82, 2.24) is 0 Å². The average Bonchev–Trinajstić information content (AvgIpc) is 2.48. The Morgan fingerprint density at radius 2 is 1.61 bits per heavy atom. The Bertz CT molecular complexity index is 1120. The molecule has 0 spiro atoms. The van der Waals surface area contributed by atoms with Crippen molar-refractivity contribution in [3.05, 3.63) is 53.7 Å². The Kier molecular flexibility index (Phi) is 2.72. The normalized spacial score (nSPS) is 11.3. The minimum absolute atomic E-state index is 0.0441. The summed E-state index contributed by atoms with van der Waals surface area (Å²) < 4.78 is 11.5. The fourth-order valence-corrected chi connectivity index (χ4v) is 2.74. The first-order chi connectivity index (χ1) is 11.0. The predicted octanol–water partition coefficient (Wildman–Crippen LogP) is 3.57. The molecular formula is C18H13O5+. The van der Waals surface area contributed by atoms with Gasteiger partial charge in [-0.3, -0.25) is 4.79 Å². The molecule has 4 rings (SSSR count). The molecule has 4 aromatic rings. The van der Waals surface area contributed by atoms with Gasteiger partial charge in [-0.05, 0) is 42.6 Å². The number of phenols is 2. The molecule has 23 heavy (non-hydrogen) atoms. The molecule has 5 nitrogen and oxygen atoms in total. The molecule has 0 saturated carbocycles. The van der Waals surface area contributed by atoms with Crippen LogP contribution in [0.25, 0.3) is 33.3 Å². The molecule has 2 aromatic carbocycles. The number of aromatic hydroxyl groups is 2. The molecule has 0 bridgehead atoms. The van der Waals surface area contributed by atoms with E-state index in [4.69, 9.17) is 8.83 Å². The number of benzene rings is 2. The molecule has 0 atom stereocenters. The van der Waals surface area contributed by atoms with Crippen LogP contribution in [-0.2, 0) is 0 Å². The molecule has 3 N–H and O–H groups in total. The molecule has 0 amide bonds. The molecule has 0 aliphatic rings. The van der Waals surface area contributed by atoms with E-state index in [-0.39, 0.29) is 16.9 Å². The van der Waals surface area contributed by atoms with Crippen LogP contribution in [0, 0.1) is 6.92 Å². The standard InChI is InChI=1S/C18H12O5/c1-9-4-11-6-15(10-2-3-13(20)14(21)5-10)23-17-8-12(19)7-16(22-9)18(11)17/h2-8,20-21H,1H3/p+1. The maximum absolute atomic E-state index is 9.85. The highest BCUT2D eigenvalue weighted by molar-refractivity contribution is 6.06. The van der Waals surface area contributed by atoms with E-state index in [0.29, 0.717) is 28.2 Å². The largest absolute Gasteiger partial charge is 0.504 e. The SMILES string of the molecule is Cc1cc2cc(-c3ccc(O)c(O)c3)oc3cc(=[OH+])cc(o1)c23. The number of hydrogen-bond donors (Lipinski definition) is 2. The van der Waals surface area contributed by atoms with Gasteiger partial charge in [-0.1, -0.05) is 0 Å². The Morgan fingerprint density at radius 3 is 2.35 bits per heavy atom. The molecule has 0 unspecified atom stereocenters. The van der Waals surface area contributed by atoms with Crippen LogP contribution in [0.2, 0.25) is 0 Å². The summed E-state index contributed by atoms with van der Waals surface area (Å²) in [6, 6.07) is 11.2. The molecule has 0 radical (unpaired) electrons. The van der Waals surface area contributed by atoms with Crippen molar-refractivity contribution in [3.8, 4) is 22.8 Å². The molecule has 0 saturated heterocycles. The second-order valence-corrected chi connectivity index (χ2v) is 5.44. The highest BCUT2D eigenvalue weighted by atomic mass is 16.3. The van der Waals surface area contributed by atoms with Crippen molar-refractivity contribution in [2.45, 2.75) is 6.92 Å². The van der Waals surface area contributed by atoms with Crippen LogP contribution in [0.4, 0.5) is 0 Å². The van der Waals surface area contributed by atoms with E-state index in [1.165, 1.54) is 18.2 Å². The van der Waals surface area contributed by atoms with Crippen molar-refractivity contribution in [3.63, 3.8) is 0 Å². The highest BCUT2D eigenvalue weighted by Crippen LogP contribution is 2.35. The fourth-order valence-electron chi connectivity index (χ4n) is 2.74. The lowest BCUT2D eigenvalue weighted by Crippen LogP contribution is -1.99. The van der Waals surface area contributed by atoms with Crippen LogP contribution < -0.4 is 5.43 Å². The second kappa shape index (κ2) is 4.64. The Balaban J connectivity index is 2.09. The van der Waals surface area contributed by atoms with Crippen molar-refractivity contribution in [2.24, 2.45) is 0 Å². The molecule has 114 valence electrons. The summed E-state index contributed by atoms with van der Waals surface area (Å²) in [4.78, 5) is 9.85. The van der Waals surface area contributed by atoms with Crippen LogP contribution in [0.3, 0.4) is 0 Å². The topological polar surface area (TPSA) is 88.1 Å². The highest BCUT2D eigenvalue weighted by Gasteiger charge is 2.14. The summed E-state index contributed by atoms with van der Waals surface area (Å²) in [5.41, 5.74) is 1.67. The van der Waals surface area contributed by atoms with Crippen LogP contribution in [0.15, 0.2) is 51.3 Å². The van der Waals surface area contributed by atoms with Gasteiger partial charge in [-0.2, -0.15) is 0 Å². The Labute approximate surface area is 130 Å². The van der Waals surface area contributed by atoms with Gasteiger partial charge in [-0.15, -0.1) is 0 Å². The first-order valence-electron chi connectivity index (χ1n) is 7.03. The smallest absolute Gasteiger partial charge is 0.347 e. The average molecular weight is 309 g/mol. The molecule has 0 aliphatic heterocycles. The summed E-state index contributed by atoms with van der Waals surface area (Å²) in [5, 5.41) is 20.8. The molecule has 0 aliphatic carbocycles. The molecule has 2 heterocycles. The number of hydrogen-bond acceptors (Lipinski definition) is 4. The minimum Gasteiger partial charge on any atom is -0.504 e. The van der Waals surface area contributed by atoms with E-state index < -0.39 is 0 Å². The van der Waals surface area contributed by atoms with Crippen LogP contribution >= 0.6 is 0 Å². The maximum Gasteiger partial charge on any atom is 0.347 e. The number of aryl methyl sites for hydroxylation is 1. The lowest BCUT2D eigenvalue weighted by atomic mass is 10.1. The van der Waals surface area contributed by atoms with Gasteiger partial charge in [0.05, 0.1) is 17.5 Å². The summed E-state index contributed by atoms with van der Waals surface area (Å²) in [6.45, 7) is 1.83. The summed E-state index contributed by atoms with van der Waals surface area (Å²) >= 11 is 0. The van der Waals surface area contributed by atoms with Crippen LogP contribution in [0.5, 0.6) is 11.5 Å². The van der Waals surface area contributed by atoms with Gasteiger partial charge in [-0.25, -0.2) is 0 Å². The van der Waals surface area contributed by atoms with Crippen molar-refractivity contribution >= 4 is 21.9 Å². The fraction of sp³-hybridized carbons (Fsp3) is 0.0556.